The van der Waals surface area contributed by atoms with Crippen molar-refractivity contribution in [1.29, 1.82) is 0 Å². The van der Waals surface area contributed by atoms with Crippen LogP contribution >= 0.6 is 35.5 Å². The summed E-state index contributed by atoms with van der Waals surface area (Å²) in [7, 11) is 1.92. The summed E-state index contributed by atoms with van der Waals surface area (Å²) >= 11 is 2.25. The number of hydrogen-bond donors (Lipinski definition) is 4. The number of phenolic OH excluding ortho intramolecular Hbond substituents is 2. The number of aromatic hydroxyl groups is 2. The SMILES string of the molecule is CC(C)(C)OC(=O)CON=C(C(=O)N[C@@H]1C(=O)N2C(C(=O)[O-])=C(C[N+]3(C)CCN(C(=O)c4ccc(O)c(O)c4)CC3)CS[C@H]12)c1csc(NC=O)n1.Cl. The van der Waals surface area contributed by atoms with Crippen molar-refractivity contribution in [2.75, 3.05) is 57.4 Å². The Morgan fingerprint density at radius 3 is 2.49 bits per heavy atom. The minimum Gasteiger partial charge on any atom is -0.543 e. The number of carboxylic acid groups (broad SMARTS) is 1. The molecule has 286 valence electrons. The minimum absolute atomic E-state index is 0. The average Bonchev–Trinajstić information content (AvgIpc) is 3.53. The third-order valence-corrected chi connectivity index (χ3v) is 10.4. The molecule has 2 atom stereocenters. The second-order valence-corrected chi connectivity index (χ2v) is 15.4. The zero-order chi connectivity index (χ0) is 38.0. The van der Waals surface area contributed by atoms with Gasteiger partial charge >= 0.3 is 5.97 Å². The van der Waals surface area contributed by atoms with Crippen LogP contribution in [0.5, 0.6) is 11.5 Å². The fourth-order valence-corrected chi connectivity index (χ4v) is 7.83. The third kappa shape index (κ3) is 9.36. The van der Waals surface area contributed by atoms with Crippen LogP contribution in [0.2, 0.25) is 0 Å². The maximum Gasteiger partial charge on any atom is 0.347 e. The van der Waals surface area contributed by atoms with E-state index in [1.165, 1.54) is 35.3 Å². The molecule has 2 aromatic rings. The molecule has 0 spiro atoms. The van der Waals surface area contributed by atoms with Gasteiger partial charge in [0.05, 0.1) is 44.9 Å². The molecule has 4 heterocycles. The number of rotatable bonds is 12. The number of thiazole rings is 1. The lowest BCUT2D eigenvalue weighted by Gasteiger charge is -2.51. The van der Waals surface area contributed by atoms with Crippen molar-refractivity contribution in [2.45, 2.75) is 37.8 Å². The molecule has 2 fully saturated rings. The van der Waals surface area contributed by atoms with E-state index >= 15 is 0 Å². The van der Waals surface area contributed by atoms with Gasteiger partial charge in [0.15, 0.2) is 22.3 Å². The molecule has 53 heavy (non-hydrogen) atoms. The quantitative estimate of drug-likeness (QED) is 0.0408. The monoisotopic (exact) mass is 795 g/mol. The lowest BCUT2D eigenvalue weighted by atomic mass is 10.0. The van der Waals surface area contributed by atoms with Gasteiger partial charge in [-0.2, -0.15) is 0 Å². The van der Waals surface area contributed by atoms with Crippen LogP contribution < -0.4 is 15.7 Å². The number of oxime groups is 1. The Morgan fingerprint density at radius 2 is 1.87 bits per heavy atom. The molecular formula is C32H38ClN7O11S2. The van der Waals surface area contributed by atoms with E-state index < -0.39 is 58.8 Å². The molecule has 0 aliphatic carbocycles. The number of likely N-dealkylation sites (N-methyl/N-ethyl adjacent to an activating group) is 1. The van der Waals surface area contributed by atoms with Gasteiger partial charge in [-0.15, -0.1) is 35.5 Å². The van der Waals surface area contributed by atoms with Crippen molar-refractivity contribution < 1.29 is 58.1 Å². The predicted molar refractivity (Wildman–Crippen MR) is 191 cm³/mol. The number of β-lactam (4-membered cyclic amide) rings is 1. The molecule has 4 amide bonds. The number of amides is 4. The van der Waals surface area contributed by atoms with Gasteiger partial charge in [-0.25, -0.2) is 9.78 Å². The highest BCUT2D eigenvalue weighted by molar-refractivity contribution is 8.00. The molecular weight excluding hydrogens is 758 g/mol. The smallest absolute Gasteiger partial charge is 0.347 e. The van der Waals surface area contributed by atoms with Gasteiger partial charge in [0.2, 0.25) is 13.0 Å². The summed E-state index contributed by atoms with van der Waals surface area (Å²) in [5.41, 5.74) is -0.791. The van der Waals surface area contributed by atoms with Crippen molar-refractivity contribution in [2.24, 2.45) is 5.16 Å². The highest BCUT2D eigenvalue weighted by Crippen LogP contribution is 2.41. The van der Waals surface area contributed by atoms with Gasteiger partial charge in [0.1, 0.15) is 29.3 Å². The minimum atomic E-state index is -1.54. The number of anilines is 1. The van der Waals surface area contributed by atoms with Gasteiger partial charge < -0.3 is 49.7 Å². The van der Waals surface area contributed by atoms with Crippen molar-refractivity contribution in [3.05, 3.63) is 46.1 Å². The summed E-state index contributed by atoms with van der Waals surface area (Å²) in [6.07, 6.45) is 0.396. The Morgan fingerprint density at radius 1 is 1.17 bits per heavy atom. The lowest BCUT2D eigenvalue weighted by molar-refractivity contribution is -0.908. The number of ether oxygens (including phenoxy) is 1. The number of aromatic nitrogens is 1. The number of thioether (sulfide) groups is 1. The van der Waals surface area contributed by atoms with Gasteiger partial charge in [0, 0.05) is 22.3 Å². The van der Waals surface area contributed by atoms with Crippen LogP contribution in [0.1, 0.15) is 36.8 Å². The Bertz CT molecular complexity index is 1850. The van der Waals surface area contributed by atoms with E-state index in [2.05, 4.69) is 20.8 Å². The Hall–Kier alpha value is -4.92. The molecule has 0 bridgehead atoms. The Balaban J connectivity index is 0.00000627. The van der Waals surface area contributed by atoms with Crippen LogP contribution in [0.3, 0.4) is 0 Å². The number of carboxylic acids is 1. The number of nitrogens with zero attached hydrogens (tertiary/aromatic N) is 5. The number of carbonyl (C=O) groups is 6. The first-order chi connectivity index (χ1) is 24.5. The Kier molecular flexibility index (Phi) is 12.6. The fraction of sp³-hybridized carbons (Fsp3) is 0.438. The molecule has 1 aromatic carbocycles. The number of aliphatic carboxylic acids is 1. The van der Waals surface area contributed by atoms with Gasteiger partial charge in [-0.05, 0) is 39.0 Å². The van der Waals surface area contributed by atoms with Crippen molar-refractivity contribution in [1.82, 2.24) is 20.1 Å². The summed E-state index contributed by atoms with van der Waals surface area (Å²) < 4.78 is 5.55. The first-order valence-corrected chi connectivity index (χ1v) is 17.8. The molecule has 4 N–H and O–H groups in total. The van der Waals surface area contributed by atoms with Crippen LogP contribution in [0.25, 0.3) is 0 Å². The number of phenols is 2. The summed E-state index contributed by atoms with van der Waals surface area (Å²) in [6.45, 7) is 6.25. The number of esters is 1. The summed E-state index contributed by atoms with van der Waals surface area (Å²) in [5, 5.41) is 41.3. The molecule has 3 aliphatic rings. The average molecular weight is 796 g/mol. The number of benzene rings is 1. The van der Waals surface area contributed by atoms with E-state index in [1.54, 1.807) is 25.7 Å². The summed E-state index contributed by atoms with van der Waals surface area (Å²) in [4.78, 5) is 87.3. The van der Waals surface area contributed by atoms with E-state index in [0.717, 1.165) is 16.2 Å². The fourth-order valence-electron chi connectivity index (χ4n) is 5.84. The lowest BCUT2D eigenvalue weighted by Crippen LogP contribution is -2.72. The van der Waals surface area contributed by atoms with E-state index in [-0.39, 0.29) is 58.4 Å². The molecule has 5 rings (SSSR count). The van der Waals surface area contributed by atoms with E-state index in [4.69, 9.17) is 9.57 Å². The van der Waals surface area contributed by atoms with Gasteiger partial charge in [-0.3, -0.25) is 24.1 Å². The maximum absolute atomic E-state index is 13.5. The molecule has 0 saturated carbocycles. The number of nitrogens with one attached hydrogen (secondary N) is 2. The van der Waals surface area contributed by atoms with E-state index in [9.17, 15) is 44.1 Å². The normalized spacial score (nSPS) is 19.6. The predicted octanol–water partition coefficient (Wildman–Crippen LogP) is -0.387. The van der Waals surface area contributed by atoms with Crippen LogP contribution in [-0.2, 0) is 33.5 Å². The highest BCUT2D eigenvalue weighted by atomic mass is 35.5. The van der Waals surface area contributed by atoms with E-state index in [0.29, 0.717) is 42.6 Å². The molecule has 18 nitrogen and oxygen atoms in total. The second-order valence-electron chi connectivity index (χ2n) is 13.4. The molecule has 1 aromatic heterocycles. The van der Waals surface area contributed by atoms with Crippen LogP contribution in [0.4, 0.5) is 5.13 Å². The first-order valence-electron chi connectivity index (χ1n) is 15.9. The maximum atomic E-state index is 13.5. The van der Waals surface area contributed by atoms with Gasteiger partial charge in [0.25, 0.3) is 17.7 Å². The molecule has 21 heteroatoms. The van der Waals surface area contributed by atoms with E-state index in [1.807, 2.05) is 7.05 Å². The number of halogens is 1. The largest absolute Gasteiger partial charge is 0.543 e. The van der Waals surface area contributed by atoms with Gasteiger partial charge in [-0.1, -0.05) is 5.16 Å². The van der Waals surface area contributed by atoms with Crippen LogP contribution in [0, 0.1) is 0 Å². The zero-order valence-corrected chi connectivity index (χ0v) is 31.5. The molecule has 2 saturated heterocycles. The van der Waals surface area contributed by atoms with Crippen LogP contribution in [-0.4, -0.2) is 140 Å². The standard InChI is InChI=1S/C32H37N7O11S2.ClH/c1-32(2,3)50-22(43)13-49-36-23(19-15-52-31(34-19)33-16-40)26(44)35-24-28(46)38-25(30(47)48)18(14-51-29(24)38)12-39(4)9-7-37(8-10-39)27(45)17-5-6-20(41)21(42)11-17;/h5-6,11,15-16,24,29H,7-10,12-14H2,1-4H3,(H4-,33,34,35,36,40,41,42,44,45,47,48);1H/t24-,29-;/m1./s1. The summed E-state index contributed by atoms with van der Waals surface area (Å²) in [5.74, 6) is -4.71. The number of quaternary nitrogens is 1. The van der Waals surface area contributed by atoms with Crippen molar-refractivity contribution in [3.8, 4) is 11.5 Å². The first kappa shape index (κ1) is 40.8. The number of hydrogen-bond acceptors (Lipinski definition) is 15. The second kappa shape index (κ2) is 16.4. The van der Waals surface area contributed by atoms with Crippen molar-refractivity contribution >= 4 is 82.4 Å². The molecule has 0 radical (unpaired) electrons. The van der Waals surface area contributed by atoms with Crippen molar-refractivity contribution in [3.63, 3.8) is 0 Å². The van der Waals surface area contributed by atoms with Crippen LogP contribution in [0.15, 0.2) is 40.0 Å². The molecule has 3 aliphatic heterocycles. The highest BCUT2D eigenvalue weighted by Gasteiger charge is 2.54. The topological polar surface area (TPSA) is 240 Å². The zero-order valence-electron chi connectivity index (χ0n) is 29.0. The third-order valence-electron chi connectivity index (χ3n) is 8.33. The number of fused-ring (bicyclic) bond motifs is 1. The Labute approximate surface area is 317 Å². The summed E-state index contributed by atoms with van der Waals surface area (Å²) in [6, 6.07) is 2.71. The molecule has 0 unspecified atom stereocenters. The number of piperazine rings is 1. The number of carbonyl (C=O) groups excluding carboxylic acids is 6.